The highest BCUT2D eigenvalue weighted by Crippen LogP contribution is 2.41. The average molecular weight is 398 g/mol. The van der Waals surface area contributed by atoms with Crippen LogP contribution in [0.25, 0.3) is 10.8 Å². The van der Waals surface area contributed by atoms with Gasteiger partial charge in [-0.1, -0.05) is 24.3 Å². The topological polar surface area (TPSA) is 107 Å². The first-order valence-electron chi connectivity index (χ1n) is 8.31. The van der Waals surface area contributed by atoms with E-state index >= 15 is 0 Å². The minimum absolute atomic E-state index is 0.0657. The number of esters is 1. The molecule has 142 valence electrons. The molecule has 0 saturated carbocycles. The number of non-ortho nitro benzene ring substituents is 1. The number of anilines is 1. The van der Waals surface area contributed by atoms with E-state index in [1.165, 1.54) is 30.3 Å². The van der Waals surface area contributed by atoms with Crippen molar-refractivity contribution in [3.63, 3.8) is 0 Å². The van der Waals surface area contributed by atoms with Crippen LogP contribution in [0, 0.1) is 10.1 Å². The monoisotopic (exact) mass is 398 g/mol. The molecule has 0 unspecified atom stereocenters. The Hall–Kier alpha value is -3.46. The molecular weight excluding hydrogens is 384 g/mol. The summed E-state index contributed by atoms with van der Waals surface area (Å²) in [5.41, 5.74) is 0.943. The molecule has 28 heavy (non-hydrogen) atoms. The number of benzene rings is 3. The number of hydrogen-bond acceptors (Lipinski definition) is 6. The molecule has 0 saturated heterocycles. The summed E-state index contributed by atoms with van der Waals surface area (Å²) >= 11 is 0. The Morgan fingerprint density at radius 2 is 1.71 bits per heavy atom. The third-order valence-electron chi connectivity index (χ3n) is 4.50. The van der Waals surface area contributed by atoms with Crippen molar-refractivity contribution < 1.29 is 22.9 Å². The predicted molar refractivity (Wildman–Crippen MR) is 101 cm³/mol. The highest BCUT2D eigenvalue weighted by molar-refractivity contribution is 7.93. The number of sulfonamides is 1. The molecule has 0 amide bonds. The maximum absolute atomic E-state index is 12.8. The second kappa shape index (κ2) is 6.61. The Morgan fingerprint density at radius 3 is 2.39 bits per heavy atom. The van der Waals surface area contributed by atoms with Gasteiger partial charge in [0.1, 0.15) is 13.2 Å². The van der Waals surface area contributed by atoms with Crippen molar-refractivity contribution in [1.29, 1.82) is 0 Å². The molecule has 8 nitrogen and oxygen atoms in total. The second-order valence-corrected chi connectivity index (χ2v) is 8.06. The summed E-state index contributed by atoms with van der Waals surface area (Å²) in [5.74, 6) is -0.716. The van der Waals surface area contributed by atoms with Gasteiger partial charge < -0.3 is 4.74 Å². The Kier molecular flexibility index (Phi) is 4.23. The molecule has 0 bridgehead atoms. The van der Waals surface area contributed by atoms with Crippen molar-refractivity contribution >= 4 is 38.1 Å². The first kappa shape index (κ1) is 17.9. The van der Waals surface area contributed by atoms with Gasteiger partial charge in [0.15, 0.2) is 0 Å². The summed E-state index contributed by atoms with van der Waals surface area (Å²) in [6, 6.07) is 15.8. The lowest BCUT2D eigenvalue weighted by molar-refractivity contribution is -0.384. The van der Waals surface area contributed by atoms with Crippen LogP contribution < -0.4 is 4.31 Å². The summed E-state index contributed by atoms with van der Waals surface area (Å²) in [5, 5.41) is 12.0. The van der Waals surface area contributed by atoms with Gasteiger partial charge in [-0.2, -0.15) is 0 Å². The fourth-order valence-corrected chi connectivity index (χ4v) is 4.82. The predicted octanol–water partition coefficient (Wildman–Crippen LogP) is 3.00. The Labute approximate surface area is 160 Å². The first-order chi connectivity index (χ1) is 13.4. The Bertz CT molecular complexity index is 1200. The van der Waals surface area contributed by atoms with Crippen LogP contribution in [0.3, 0.4) is 0 Å². The van der Waals surface area contributed by atoms with Crippen LogP contribution in [0.1, 0.15) is 5.56 Å². The quantitative estimate of drug-likeness (QED) is 0.371. The minimum Gasteiger partial charge on any atom is -0.459 e. The van der Waals surface area contributed by atoms with Crippen LogP contribution in [0.2, 0.25) is 0 Å². The zero-order valence-electron chi connectivity index (χ0n) is 14.4. The molecule has 0 aromatic heterocycles. The van der Waals surface area contributed by atoms with Crippen LogP contribution in [0.5, 0.6) is 0 Å². The SMILES string of the molecule is O=C(CN1c2cccc3cccc(c23)S1(=O)=O)OCc1ccc([N+](=O)[O-])cc1. The summed E-state index contributed by atoms with van der Waals surface area (Å²) in [4.78, 5) is 22.6. The molecule has 0 atom stereocenters. The molecule has 1 aliphatic rings. The molecule has 0 aliphatic carbocycles. The fourth-order valence-electron chi connectivity index (χ4n) is 3.17. The van der Waals surface area contributed by atoms with E-state index in [-0.39, 0.29) is 17.2 Å². The van der Waals surface area contributed by atoms with Crippen molar-refractivity contribution in [3.05, 3.63) is 76.3 Å². The van der Waals surface area contributed by atoms with Crippen LogP contribution in [-0.2, 0) is 26.2 Å². The third kappa shape index (κ3) is 2.95. The lowest BCUT2D eigenvalue weighted by Gasteiger charge is -2.17. The van der Waals surface area contributed by atoms with E-state index in [1.54, 1.807) is 18.2 Å². The average Bonchev–Trinajstić information content (AvgIpc) is 2.90. The number of hydrogen-bond donors (Lipinski definition) is 0. The molecule has 3 aromatic carbocycles. The van der Waals surface area contributed by atoms with Crippen LogP contribution in [0.4, 0.5) is 11.4 Å². The van der Waals surface area contributed by atoms with Crippen LogP contribution in [-0.4, -0.2) is 25.9 Å². The zero-order chi connectivity index (χ0) is 19.9. The lowest BCUT2D eigenvalue weighted by Crippen LogP contribution is -2.33. The normalized spacial score (nSPS) is 14.2. The van der Waals surface area contributed by atoms with Gasteiger partial charge in [-0.15, -0.1) is 0 Å². The maximum atomic E-state index is 12.8. The van der Waals surface area contributed by atoms with Crippen LogP contribution in [0.15, 0.2) is 65.6 Å². The van der Waals surface area contributed by atoms with Gasteiger partial charge in [-0.25, -0.2) is 8.42 Å². The number of nitro benzene ring substituents is 1. The molecular formula is C19H14N2O6S. The van der Waals surface area contributed by atoms with Crippen molar-refractivity contribution in [1.82, 2.24) is 0 Å². The van der Waals surface area contributed by atoms with E-state index in [4.69, 9.17) is 4.74 Å². The minimum atomic E-state index is -3.83. The maximum Gasteiger partial charge on any atom is 0.327 e. The summed E-state index contributed by atoms with van der Waals surface area (Å²) in [7, 11) is -3.83. The van der Waals surface area contributed by atoms with Crippen molar-refractivity contribution in [3.8, 4) is 0 Å². The third-order valence-corrected chi connectivity index (χ3v) is 6.30. The van der Waals surface area contributed by atoms with E-state index in [0.717, 1.165) is 9.69 Å². The van der Waals surface area contributed by atoms with Gasteiger partial charge in [0.2, 0.25) is 0 Å². The number of carbonyl (C=O) groups excluding carboxylic acids is 1. The number of carbonyl (C=O) groups is 1. The van der Waals surface area contributed by atoms with Crippen molar-refractivity contribution in [2.24, 2.45) is 0 Å². The molecule has 3 aromatic rings. The zero-order valence-corrected chi connectivity index (χ0v) is 15.3. The molecule has 0 N–H and O–H groups in total. The fraction of sp³-hybridized carbons (Fsp3) is 0.105. The van der Waals surface area contributed by atoms with E-state index < -0.39 is 27.5 Å². The number of nitrogens with zero attached hydrogens (tertiary/aromatic N) is 2. The highest BCUT2D eigenvalue weighted by atomic mass is 32.2. The van der Waals surface area contributed by atoms with E-state index in [9.17, 15) is 23.3 Å². The standard InChI is InChI=1S/C19H14N2O6S/c22-18(27-12-13-7-9-15(10-8-13)21(23)24)11-20-16-5-1-3-14-4-2-6-17(19(14)16)28(20,25)26/h1-10H,11-12H2. The highest BCUT2D eigenvalue weighted by Gasteiger charge is 2.36. The number of rotatable bonds is 5. The van der Waals surface area contributed by atoms with E-state index in [0.29, 0.717) is 16.6 Å². The Morgan fingerprint density at radius 1 is 1.04 bits per heavy atom. The lowest BCUT2D eigenvalue weighted by atomic mass is 10.1. The molecule has 9 heteroatoms. The summed E-state index contributed by atoms with van der Waals surface area (Å²) < 4.78 is 31.9. The van der Waals surface area contributed by atoms with Gasteiger partial charge in [-0.3, -0.25) is 19.2 Å². The van der Waals surface area contributed by atoms with Gasteiger partial charge in [0.05, 0.1) is 15.5 Å². The first-order valence-corrected chi connectivity index (χ1v) is 9.75. The number of ether oxygens (including phenoxy) is 1. The van der Waals surface area contributed by atoms with E-state index in [2.05, 4.69) is 0 Å². The molecule has 1 aliphatic heterocycles. The van der Waals surface area contributed by atoms with Gasteiger partial charge in [0.25, 0.3) is 15.7 Å². The molecule has 0 radical (unpaired) electrons. The summed E-state index contributed by atoms with van der Waals surface area (Å²) in [6.07, 6.45) is 0. The van der Waals surface area contributed by atoms with Crippen molar-refractivity contribution in [2.75, 3.05) is 10.8 Å². The number of nitro groups is 1. The molecule has 0 spiro atoms. The second-order valence-electron chi connectivity index (χ2n) is 6.23. The molecule has 4 rings (SSSR count). The van der Waals surface area contributed by atoms with Crippen LogP contribution >= 0.6 is 0 Å². The summed E-state index contributed by atoms with van der Waals surface area (Å²) in [6.45, 7) is -0.565. The largest absolute Gasteiger partial charge is 0.459 e. The van der Waals surface area contributed by atoms with Gasteiger partial charge in [-0.05, 0) is 35.2 Å². The van der Waals surface area contributed by atoms with Gasteiger partial charge >= 0.3 is 5.97 Å². The van der Waals surface area contributed by atoms with Gasteiger partial charge in [0, 0.05) is 17.5 Å². The van der Waals surface area contributed by atoms with E-state index in [1.807, 2.05) is 12.1 Å². The molecule has 0 fully saturated rings. The smallest absolute Gasteiger partial charge is 0.327 e. The Balaban J connectivity index is 1.51. The van der Waals surface area contributed by atoms with Crippen molar-refractivity contribution in [2.45, 2.75) is 11.5 Å². The molecule has 1 heterocycles.